The summed E-state index contributed by atoms with van der Waals surface area (Å²) in [5.74, 6) is -0.0868. The monoisotopic (exact) mass is 406 g/mol. The van der Waals surface area contributed by atoms with Crippen molar-refractivity contribution < 1.29 is 18.8 Å². The highest BCUT2D eigenvalue weighted by Gasteiger charge is 2.16. The van der Waals surface area contributed by atoms with Gasteiger partial charge in [0.15, 0.2) is 6.61 Å². The quantitative estimate of drug-likeness (QED) is 0.556. The molecule has 2 heterocycles. The van der Waals surface area contributed by atoms with Gasteiger partial charge in [-0.1, -0.05) is 28.9 Å². The molecule has 1 aromatic carbocycles. The predicted octanol–water partition coefficient (Wildman–Crippen LogP) is 2.38. The first-order valence-electron chi connectivity index (χ1n) is 7.92. The Bertz CT molecular complexity index is 913. The Labute approximate surface area is 163 Å². The van der Waals surface area contributed by atoms with Gasteiger partial charge in [-0.2, -0.15) is 4.98 Å². The van der Waals surface area contributed by atoms with Crippen LogP contribution in [-0.4, -0.2) is 41.7 Å². The van der Waals surface area contributed by atoms with E-state index in [2.05, 4.69) is 20.8 Å². The molecular weight excluding hydrogens is 392 g/mol. The minimum absolute atomic E-state index is 0.131. The molecule has 0 radical (unpaired) electrons. The van der Waals surface area contributed by atoms with E-state index in [0.717, 1.165) is 4.88 Å². The molecule has 0 bridgehead atoms. The Morgan fingerprint density at radius 1 is 1.19 bits per heavy atom. The van der Waals surface area contributed by atoms with Crippen LogP contribution in [0.5, 0.6) is 5.75 Å². The smallest absolute Gasteiger partial charge is 0.316 e. The van der Waals surface area contributed by atoms with E-state index in [0.29, 0.717) is 16.6 Å². The first-order valence-corrected chi connectivity index (χ1v) is 9.18. The molecule has 0 unspecified atom stereocenters. The zero-order chi connectivity index (χ0) is 19.1. The van der Waals surface area contributed by atoms with E-state index >= 15 is 0 Å². The number of carbonyl (C=O) groups is 2. The number of nitrogens with zero attached hydrogens (tertiary/aromatic N) is 2. The second-order valence-corrected chi connectivity index (χ2v) is 6.64. The predicted molar refractivity (Wildman–Crippen MR) is 99.9 cm³/mol. The highest BCUT2D eigenvalue weighted by Crippen LogP contribution is 2.21. The maximum atomic E-state index is 12.0. The number of benzene rings is 1. The number of rotatable bonds is 8. The van der Waals surface area contributed by atoms with E-state index in [4.69, 9.17) is 20.9 Å². The van der Waals surface area contributed by atoms with Crippen LogP contribution in [0.3, 0.4) is 0 Å². The fourth-order valence-corrected chi connectivity index (χ4v) is 2.86. The second kappa shape index (κ2) is 9.15. The van der Waals surface area contributed by atoms with Gasteiger partial charge in [0.05, 0.1) is 4.88 Å². The number of hydrogen-bond donors (Lipinski definition) is 2. The average Bonchev–Trinajstić information content (AvgIpc) is 3.34. The van der Waals surface area contributed by atoms with Crippen molar-refractivity contribution in [3.8, 4) is 16.5 Å². The Hall–Kier alpha value is -2.91. The fraction of sp³-hybridized carbons (Fsp3) is 0.176. The van der Waals surface area contributed by atoms with Gasteiger partial charge in [-0.05, 0) is 29.6 Å². The van der Waals surface area contributed by atoms with Gasteiger partial charge in [-0.15, -0.1) is 11.3 Å². The number of carbonyl (C=O) groups excluding carboxylic acids is 2. The van der Waals surface area contributed by atoms with Crippen molar-refractivity contribution >= 4 is 34.8 Å². The summed E-state index contributed by atoms with van der Waals surface area (Å²) in [6, 6.07) is 10.4. The van der Waals surface area contributed by atoms with Crippen molar-refractivity contribution in [3.05, 3.63) is 52.7 Å². The van der Waals surface area contributed by atoms with Crippen LogP contribution in [0.25, 0.3) is 10.7 Å². The third kappa shape index (κ3) is 5.53. The summed E-state index contributed by atoms with van der Waals surface area (Å²) >= 11 is 7.28. The van der Waals surface area contributed by atoms with Crippen LogP contribution in [0.4, 0.5) is 0 Å². The van der Waals surface area contributed by atoms with E-state index in [1.165, 1.54) is 11.3 Å². The van der Waals surface area contributed by atoms with Gasteiger partial charge in [-0.25, -0.2) is 0 Å². The lowest BCUT2D eigenvalue weighted by Crippen LogP contribution is -2.36. The summed E-state index contributed by atoms with van der Waals surface area (Å²) in [5.41, 5.74) is 0. The lowest BCUT2D eigenvalue weighted by Gasteiger charge is -2.08. The van der Waals surface area contributed by atoms with Gasteiger partial charge in [0.25, 0.3) is 5.91 Å². The molecule has 2 amide bonds. The standard InChI is InChI=1S/C17H15ClN4O4S/c18-11-3-1-4-12(9-11)25-10-14(23)19-6-7-20-16(24)17-21-15(22-26-17)13-5-2-8-27-13/h1-5,8-9H,6-7,10H2,(H,19,23)(H,20,24). The highest BCUT2D eigenvalue weighted by atomic mass is 35.5. The normalized spacial score (nSPS) is 10.4. The van der Waals surface area contributed by atoms with E-state index in [1.54, 1.807) is 24.3 Å². The Morgan fingerprint density at radius 2 is 2.04 bits per heavy atom. The van der Waals surface area contributed by atoms with E-state index in [9.17, 15) is 9.59 Å². The number of halogens is 1. The molecule has 2 N–H and O–H groups in total. The molecule has 0 fully saturated rings. The van der Waals surface area contributed by atoms with Gasteiger partial charge in [0, 0.05) is 18.1 Å². The first kappa shape index (κ1) is 18.9. The Morgan fingerprint density at radius 3 is 2.81 bits per heavy atom. The van der Waals surface area contributed by atoms with Gasteiger partial charge >= 0.3 is 11.8 Å². The number of nitrogens with one attached hydrogen (secondary N) is 2. The van der Waals surface area contributed by atoms with Crippen LogP contribution in [0.2, 0.25) is 5.02 Å². The fourth-order valence-electron chi connectivity index (χ4n) is 2.03. The van der Waals surface area contributed by atoms with Crippen LogP contribution in [-0.2, 0) is 4.79 Å². The molecule has 27 heavy (non-hydrogen) atoms. The maximum Gasteiger partial charge on any atom is 0.316 e. The van der Waals surface area contributed by atoms with Crippen molar-refractivity contribution in [2.24, 2.45) is 0 Å². The van der Waals surface area contributed by atoms with Crippen molar-refractivity contribution in [2.75, 3.05) is 19.7 Å². The highest BCUT2D eigenvalue weighted by molar-refractivity contribution is 7.13. The third-order valence-corrected chi connectivity index (χ3v) is 4.36. The van der Waals surface area contributed by atoms with E-state index < -0.39 is 5.91 Å². The van der Waals surface area contributed by atoms with Gasteiger partial charge in [-0.3, -0.25) is 9.59 Å². The Kier molecular flexibility index (Phi) is 6.39. The number of hydrogen-bond acceptors (Lipinski definition) is 7. The lowest BCUT2D eigenvalue weighted by atomic mass is 10.3. The molecule has 10 heteroatoms. The molecule has 3 aromatic rings. The van der Waals surface area contributed by atoms with Gasteiger partial charge < -0.3 is 19.9 Å². The number of amides is 2. The molecule has 0 saturated heterocycles. The number of aromatic nitrogens is 2. The summed E-state index contributed by atoms with van der Waals surface area (Å²) < 4.78 is 10.3. The largest absolute Gasteiger partial charge is 0.484 e. The van der Waals surface area contributed by atoms with Crippen LogP contribution < -0.4 is 15.4 Å². The van der Waals surface area contributed by atoms with Crippen molar-refractivity contribution in [1.29, 1.82) is 0 Å². The molecule has 0 atom stereocenters. The topological polar surface area (TPSA) is 106 Å². The summed E-state index contributed by atoms with van der Waals surface area (Å²) in [7, 11) is 0. The average molecular weight is 407 g/mol. The molecule has 0 spiro atoms. The number of ether oxygens (including phenoxy) is 1. The zero-order valence-electron chi connectivity index (χ0n) is 14.0. The first-order chi connectivity index (χ1) is 13.1. The number of thiophene rings is 1. The minimum Gasteiger partial charge on any atom is -0.484 e. The van der Waals surface area contributed by atoms with Gasteiger partial charge in [0.2, 0.25) is 5.82 Å². The van der Waals surface area contributed by atoms with Crippen LogP contribution in [0.1, 0.15) is 10.7 Å². The summed E-state index contributed by atoms with van der Waals surface area (Å²) in [5, 5.41) is 11.4. The summed E-state index contributed by atoms with van der Waals surface area (Å²) in [6.45, 7) is 0.288. The molecule has 2 aromatic heterocycles. The Balaban J connectivity index is 1.36. The minimum atomic E-state index is -0.505. The molecule has 0 aliphatic heterocycles. The van der Waals surface area contributed by atoms with Crippen molar-refractivity contribution in [2.45, 2.75) is 0 Å². The lowest BCUT2D eigenvalue weighted by molar-refractivity contribution is -0.123. The molecule has 140 valence electrons. The molecule has 0 aliphatic carbocycles. The molecular formula is C17H15ClN4O4S. The summed E-state index contributed by atoms with van der Waals surface area (Å²) in [4.78, 5) is 28.5. The van der Waals surface area contributed by atoms with E-state index in [1.807, 2.05) is 17.5 Å². The van der Waals surface area contributed by atoms with Gasteiger partial charge in [0.1, 0.15) is 5.75 Å². The maximum absolute atomic E-state index is 12.0. The second-order valence-electron chi connectivity index (χ2n) is 5.25. The SMILES string of the molecule is O=C(COc1cccc(Cl)c1)NCCNC(=O)c1nc(-c2cccs2)no1. The van der Waals surface area contributed by atoms with Crippen molar-refractivity contribution in [3.63, 3.8) is 0 Å². The zero-order valence-corrected chi connectivity index (χ0v) is 15.5. The van der Waals surface area contributed by atoms with Crippen molar-refractivity contribution in [1.82, 2.24) is 20.8 Å². The molecule has 3 rings (SSSR count). The molecule has 0 aliphatic rings. The van der Waals surface area contributed by atoms with Crippen LogP contribution >= 0.6 is 22.9 Å². The van der Waals surface area contributed by atoms with Crippen LogP contribution in [0, 0.1) is 0 Å². The molecule has 8 nitrogen and oxygen atoms in total. The van der Waals surface area contributed by atoms with Crippen LogP contribution in [0.15, 0.2) is 46.3 Å². The summed E-state index contributed by atoms with van der Waals surface area (Å²) in [6.07, 6.45) is 0. The molecule has 0 saturated carbocycles. The van der Waals surface area contributed by atoms with E-state index in [-0.39, 0.29) is 31.5 Å². The third-order valence-electron chi connectivity index (χ3n) is 3.26.